The summed E-state index contributed by atoms with van der Waals surface area (Å²) in [6.45, 7) is 8.44. The Kier molecular flexibility index (Phi) is 16.3. The molecule has 0 unspecified atom stereocenters. The van der Waals surface area contributed by atoms with E-state index in [4.69, 9.17) is 34.0 Å². The minimum atomic E-state index is 0.0341. The number of piperazine rings is 1. The molecule has 0 bridgehead atoms. The zero-order valence-corrected chi connectivity index (χ0v) is 20.3. The van der Waals surface area contributed by atoms with Gasteiger partial charge in [0.2, 0.25) is 0 Å². The van der Waals surface area contributed by atoms with Crippen LogP contribution in [0.5, 0.6) is 5.75 Å². The molecule has 1 fully saturated rings. The molecule has 0 radical (unpaired) electrons. The predicted octanol–water partition coefficient (Wildman–Crippen LogP) is 1.50. The van der Waals surface area contributed by atoms with Crippen LogP contribution in [0.3, 0.4) is 0 Å². The first kappa shape index (κ1) is 28.8. The Labute approximate surface area is 206 Å². The van der Waals surface area contributed by atoms with Gasteiger partial charge >= 0.3 is 0 Å². The lowest BCUT2D eigenvalue weighted by Crippen LogP contribution is -2.46. The Balaban J connectivity index is 1.36. The van der Waals surface area contributed by atoms with E-state index in [9.17, 15) is 4.79 Å². The maximum Gasteiger partial charge on any atom is 0.254 e. The number of benzene rings is 1. The molecule has 0 aliphatic carbocycles. The van der Waals surface area contributed by atoms with Gasteiger partial charge in [-0.05, 0) is 23.7 Å². The normalized spacial score (nSPS) is 13.4. The summed E-state index contributed by atoms with van der Waals surface area (Å²) in [5.41, 5.74) is 8.76. The minimum Gasteiger partial charge on any atom is -0.491 e. The van der Waals surface area contributed by atoms with Crippen LogP contribution in [-0.4, -0.2) is 116 Å². The number of hydrogen-bond donors (Lipinski definition) is 1. The molecule has 1 heterocycles. The van der Waals surface area contributed by atoms with Crippen LogP contribution >= 0.6 is 0 Å². The number of nitrogens with zero attached hydrogens (tertiary/aromatic N) is 4. The fourth-order valence-corrected chi connectivity index (χ4v) is 3.12. The maximum absolute atomic E-state index is 12.6. The van der Waals surface area contributed by atoms with Crippen molar-refractivity contribution in [3.05, 3.63) is 40.3 Å². The highest BCUT2D eigenvalue weighted by atomic mass is 16.6. The van der Waals surface area contributed by atoms with E-state index in [0.717, 1.165) is 26.2 Å². The van der Waals surface area contributed by atoms with Gasteiger partial charge in [-0.3, -0.25) is 4.79 Å². The van der Waals surface area contributed by atoms with Crippen LogP contribution in [0.4, 0.5) is 0 Å². The molecule has 0 atom stereocenters. The van der Waals surface area contributed by atoms with Crippen molar-refractivity contribution in [3.8, 4) is 5.75 Å². The highest BCUT2D eigenvalue weighted by molar-refractivity contribution is 5.94. The number of azide groups is 1. The fourth-order valence-electron chi connectivity index (χ4n) is 3.12. The summed E-state index contributed by atoms with van der Waals surface area (Å²) in [5, 5.41) is 6.61. The van der Waals surface area contributed by atoms with Crippen molar-refractivity contribution >= 4 is 5.91 Å². The van der Waals surface area contributed by atoms with Crippen LogP contribution in [0.25, 0.3) is 10.4 Å². The molecule has 35 heavy (non-hydrogen) atoms. The van der Waals surface area contributed by atoms with Crippen molar-refractivity contribution in [1.82, 2.24) is 10.2 Å². The molecule has 12 heteroatoms. The number of rotatable bonds is 20. The molecule has 0 spiro atoms. The highest BCUT2D eigenvalue weighted by Crippen LogP contribution is 2.15. The third-order valence-electron chi connectivity index (χ3n) is 4.87. The largest absolute Gasteiger partial charge is 0.491 e. The summed E-state index contributed by atoms with van der Waals surface area (Å²) in [5.74, 6) is 0.691. The molecular weight excluding hydrogens is 458 g/mol. The molecule has 2 rings (SSSR count). The van der Waals surface area contributed by atoms with Gasteiger partial charge in [0.25, 0.3) is 5.91 Å². The summed E-state index contributed by atoms with van der Waals surface area (Å²) in [4.78, 5) is 17.1. The molecule has 12 nitrogen and oxygen atoms in total. The number of nitrogens with one attached hydrogen (secondary N) is 1. The van der Waals surface area contributed by atoms with E-state index in [1.54, 1.807) is 6.07 Å². The molecule has 1 aliphatic rings. The van der Waals surface area contributed by atoms with Crippen molar-refractivity contribution < 1.29 is 33.2 Å². The van der Waals surface area contributed by atoms with Crippen molar-refractivity contribution in [2.75, 3.05) is 105 Å². The van der Waals surface area contributed by atoms with Crippen LogP contribution in [0, 0.1) is 0 Å². The molecule has 1 aromatic rings. The van der Waals surface area contributed by atoms with E-state index in [-0.39, 0.29) is 5.91 Å². The zero-order valence-electron chi connectivity index (χ0n) is 20.3. The van der Waals surface area contributed by atoms with Crippen LogP contribution < -0.4 is 10.1 Å². The summed E-state index contributed by atoms with van der Waals surface area (Å²) in [6, 6.07) is 7.26. The molecule has 1 N–H and O–H groups in total. The molecule has 0 aromatic heterocycles. The Hall–Kier alpha value is -2.44. The monoisotopic (exact) mass is 495 g/mol. The van der Waals surface area contributed by atoms with E-state index in [1.807, 2.05) is 23.1 Å². The number of carbonyl (C=O) groups is 1. The third kappa shape index (κ3) is 13.9. The Bertz CT molecular complexity index is 743. The number of ether oxygens (including phenoxy) is 6. The summed E-state index contributed by atoms with van der Waals surface area (Å²) >= 11 is 0. The van der Waals surface area contributed by atoms with E-state index in [0.29, 0.717) is 90.5 Å². The molecule has 1 aromatic carbocycles. The lowest BCUT2D eigenvalue weighted by Gasteiger charge is -2.27. The third-order valence-corrected chi connectivity index (χ3v) is 4.87. The fraction of sp³-hybridized carbons (Fsp3) is 0.696. The lowest BCUT2D eigenvalue weighted by atomic mass is 10.1. The Morgan fingerprint density at radius 3 is 1.97 bits per heavy atom. The van der Waals surface area contributed by atoms with E-state index >= 15 is 0 Å². The summed E-state index contributed by atoms with van der Waals surface area (Å²) in [6.07, 6.45) is 0. The number of carbonyl (C=O) groups excluding carboxylic acids is 1. The summed E-state index contributed by atoms with van der Waals surface area (Å²) in [7, 11) is 0. The van der Waals surface area contributed by atoms with Gasteiger partial charge in [0, 0.05) is 43.2 Å². The molecule has 0 saturated carbocycles. The average Bonchev–Trinajstić information content (AvgIpc) is 2.90. The van der Waals surface area contributed by atoms with Crippen molar-refractivity contribution in [1.29, 1.82) is 0 Å². The SMILES string of the molecule is [N-]=[N+]=NCCOCCOCCOCCOCCOCCOc1cccc(C(=O)N2CCNCC2)c1. The van der Waals surface area contributed by atoms with Crippen LogP contribution in [0.2, 0.25) is 0 Å². The molecular formula is C23H37N5O7. The van der Waals surface area contributed by atoms with Gasteiger partial charge in [0.05, 0.1) is 66.1 Å². The smallest absolute Gasteiger partial charge is 0.254 e. The van der Waals surface area contributed by atoms with Crippen molar-refractivity contribution in [3.63, 3.8) is 0 Å². The topological polar surface area (TPSA) is 136 Å². The predicted molar refractivity (Wildman–Crippen MR) is 129 cm³/mol. The molecule has 1 aliphatic heterocycles. The molecule has 196 valence electrons. The van der Waals surface area contributed by atoms with Gasteiger partial charge in [0.1, 0.15) is 12.4 Å². The van der Waals surface area contributed by atoms with E-state index in [2.05, 4.69) is 15.3 Å². The minimum absolute atomic E-state index is 0.0341. The number of hydrogen-bond acceptors (Lipinski definition) is 9. The van der Waals surface area contributed by atoms with Crippen LogP contribution in [0.15, 0.2) is 29.4 Å². The quantitative estimate of drug-likeness (QED) is 0.124. The first-order valence-electron chi connectivity index (χ1n) is 11.9. The second kappa shape index (κ2) is 19.8. The van der Waals surface area contributed by atoms with Crippen LogP contribution in [0.1, 0.15) is 10.4 Å². The zero-order chi connectivity index (χ0) is 24.8. The second-order valence-electron chi connectivity index (χ2n) is 7.43. The molecule has 1 saturated heterocycles. The van der Waals surface area contributed by atoms with Gasteiger partial charge in [0.15, 0.2) is 0 Å². The van der Waals surface area contributed by atoms with Crippen molar-refractivity contribution in [2.24, 2.45) is 5.11 Å². The summed E-state index contributed by atoms with van der Waals surface area (Å²) < 4.78 is 32.7. The van der Waals surface area contributed by atoms with Gasteiger partial charge in [-0.2, -0.15) is 0 Å². The van der Waals surface area contributed by atoms with Gasteiger partial charge in [-0.25, -0.2) is 0 Å². The second-order valence-corrected chi connectivity index (χ2v) is 7.43. The van der Waals surface area contributed by atoms with Gasteiger partial charge in [-0.1, -0.05) is 11.2 Å². The van der Waals surface area contributed by atoms with E-state index in [1.165, 1.54) is 0 Å². The Morgan fingerprint density at radius 2 is 1.40 bits per heavy atom. The van der Waals surface area contributed by atoms with Gasteiger partial charge < -0.3 is 38.6 Å². The lowest BCUT2D eigenvalue weighted by molar-refractivity contribution is -0.0122. The highest BCUT2D eigenvalue weighted by Gasteiger charge is 2.18. The van der Waals surface area contributed by atoms with Gasteiger partial charge in [-0.15, -0.1) is 0 Å². The first-order chi connectivity index (χ1) is 17.3. The molecule has 1 amide bonds. The number of amides is 1. The first-order valence-corrected chi connectivity index (χ1v) is 11.9. The van der Waals surface area contributed by atoms with E-state index < -0.39 is 0 Å². The van der Waals surface area contributed by atoms with Crippen LogP contribution in [-0.2, 0) is 23.7 Å². The maximum atomic E-state index is 12.6. The average molecular weight is 496 g/mol. The Morgan fingerprint density at radius 1 is 0.857 bits per heavy atom. The van der Waals surface area contributed by atoms with Crippen molar-refractivity contribution in [2.45, 2.75) is 0 Å². The standard InChI is InChI=1S/C23H37N5O7/c24-27-26-6-9-30-10-11-31-12-13-32-14-15-33-16-17-34-18-19-35-22-3-1-2-21(20-22)23(29)28-7-4-25-5-8-28/h1-3,20,25H,4-19H2.